The minimum absolute atomic E-state index is 0.0263. The van der Waals surface area contributed by atoms with E-state index in [1.54, 1.807) is 11.3 Å². The Labute approximate surface area is 143 Å². The first-order valence-electron chi connectivity index (χ1n) is 7.60. The van der Waals surface area contributed by atoms with Gasteiger partial charge >= 0.3 is 0 Å². The number of aromatic nitrogens is 1. The number of halogens is 2. The van der Waals surface area contributed by atoms with Gasteiger partial charge in [0.05, 0.1) is 13.1 Å². The van der Waals surface area contributed by atoms with Crippen LogP contribution in [0.1, 0.15) is 16.8 Å². The molecule has 1 aromatic carbocycles. The van der Waals surface area contributed by atoms with Gasteiger partial charge in [-0.05, 0) is 26.0 Å². The minimum atomic E-state index is -0.713. The van der Waals surface area contributed by atoms with E-state index in [9.17, 15) is 8.78 Å². The van der Waals surface area contributed by atoms with Crippen LogP contribution in [-0.2, 0) is 6.54 Å². The van der Waals surface area contributed by atoms with Gasteiger partial charge in [-0.15, -0.1) is 11.3 Å². The molecule has 0 aliphatic rings. The Kier molecular flexibility index (Phi) is 6.92. The maximum atomic E-state index is 13.4. The van der Waals surface area contributed by atoms with Crippen LogP contribution in [0.15, 0.2) is 29.4 Å². The van der Waals surface area contributed by atoms with E-state index in [4.69, 9.17) is 4.74 Å². The van der Waals surface area contributed by atoms with Crippen molar-refractivity contribution in [1.29, 1.82) is 0 Å². The number of aliphatic imine (C=N–C) groups is 1. The molecular formula is C16H20F2N4OS. The van der Waals surface area contributed by atoms with Crippen molar-refractivity contribution in [3.05, 3.63) is 45.9 Å². The van der Waals surface area contributed by atoms with Gasteiger partial charge in [0.1, 0.15) is 17.4 Å². The third-order valence-electron chi connectivity index (χ3n) is 2.93. The highest BCUT2D eigenvalue weighted by Gasteiger charge is 2.05. The Balaban J connectivity index is 1.80. The van der Waals surface area contributed by atoms with Crippen LogP contribution in [0.5, 0.6) is 5.75 Å². The number of rotatable bonds is 7. The fraction of sp³-hybridized carbons (Fsp3) is 0.375. The molecule has 1 heterocycles. The van der Waals surface area contributed by atoms with E-state index in [2.05, 4.69) is 20.6 Å². The molecule has 0 bridgehead atoms. The second kappa shape index (κ2) is 9.17. The average Bonchev–Trinajstić information content (AvgIpc) is 2.96. The zero-order valence-electron chi connectivity index (χ0n) is 13.6. The topological polar surface area (TPSA) is 58.5 Å². The third kappa shape index (κ3) is 5.77. The number of thiazole rings is 1. The number of ether oxygens (including phenoxy) is 1. The maximum Gasteiger partial charge on any atom is 0.191 e. The molecule has 1 aromatic heterocycles. The van der Waals surface area contributed by atoms with Crippen LogP contribution in [0, 0.1) is 18.6 Å². The molecule has 0 saturated heterocycles. The molecule has 0 atom stereocenters. The summed E-state index contributed by atoms with van der Waals surface area (Å²) in [4.78, 5) is 9.84. The SMILES string of the molecule is CCNC(=NCc1ncc(C)s1)NCCOc1ccc(F)cc1F. The van der Waals surface area contributed by atoms with Gasteiger partial charge in [-0.25, -0.2) is 18.8 Å². The minimum Gasteiger partial charge on any atom is -0.489 e. The number of guanidine groups is 1. The normalized spacial score (nSPS) is 11.4. The van der Waals surface area contributed by atoms with Crippen LogP contribution in [0.4, 0.5) is 8.78 Å². The van der Waals surface area contributed by atoms with Crippen molar-refractivity contribution in [3.8, 4) is 5.75 Å². The summed E-state index contributed by atoms with van der Waals surface area (Å²) in [6.45, 7) is 5.83. The lowest BCUT2D eigenvalue weighted by molar-refractivity contribution is 0.304. The first-order chi connectivity index (χ1) is 11.6. The Bertz CT molecular complexity index is 690. The van der Waals surface area contributed by atoms with Crippen molar-refractivity contribution in [2.75, 3.05) is 19.7 Å². The van der Waals surface area contributed by atoms with Crippen LogP contribution in [-0.4, -0.2) is 30.6 Å². The molecule has 2 aromatic rings. The highest BCUT2D eigenvalue weighted by Crippen LogP contribution is 2.17. The molecule has 8 heteroatoms. The van der Waals surface area contributed by atoms with Gasteiger partial charge in [-0.3, -0.25) is 0 Å². The maximum absolute atomic E-state index is 13.4. The fourth-order valence-corrected chi connectivity index (χ4v) is 2.60. The zero-order valence-corrected chi connectivity index (χ0v) is 14.4. The Morgan fingerprint density at radius 3 is 2.83 bits per heavy atom. The summed E-state index contributed by atoms with van der Waals surface area (Å²) in [6.07, 6.45) is 1.82. The number of aryl methyl sites for hydroxylation is 1. The van der Waals surface area contributed by atoms with Gasteiger partial charge in [-0.2, -0.15) is 0 Å². The molecule has 2 rings (SSSR count). The Hall–Kier alpha value is -2.22. The van der Waals surface area contributed by atoms with E-state index >= 15 is 0 Å². The van der Waals surface area contributed by atoms with Gasteiger partial charge in [0.25, 0.3) is 0 Å². The second-order valence-corrected chi connectivity index (χ2v) is 6.23. The summed E-state index contributed by atoms with van der Waals surface area (Å²) in [5, 5.41) is 7.15. The van der Waals surface area contributed by atoms with E-state index in [-0.39, 0.29) is 12.4 Å². The number of nitrogens with zero attached hydrogens (tertiary/aromatic N) is 2. The number of benzene rings is 1. The molecule has 0 aliphatic carbocycles. The molecular weight excluding hydrogens is 334 g/mol. The summed E-state index contributed by atoms with van der Waals surface area (Å²) in [6, 6.07) is 3.23. The lowest BCUT2D eigenvalue weighted by Crippen LogP contribution is -2.39. The van der Waals surface area contributed by atoms with Gasteiger partial charge in [0, 0.05) is 23.7 Å². The lowest BCUT2D eigenvalue weighted by Gasteiger charge is -2.12. The molecule has 2 N–H and O–H groups in total. The van der Waals surface area contributed by atoms with Crippen molar-refractivity contribution in [2.45, 2.75) is 20.4 Å². The predicted octanol–water partition coefficient (Wildman–Crippen LogP) is 2.86. The standard InChI is InChI=1S/C16H20F2N4OS/c1-3-19-16(22-10-15-21-9-11(2)24-15)20-6-7-23-14-5-4-12(17)8-13(14)18/h4-5,8-9H,3,6-7,10H2,1-2H3,(H2,19,20,22). The van der Waals surface area contributed by atoms with Gasteiger partial charge in [0.2, 0.25) is 0 Å². The molecule has 24 heavy (non-hydrogen) atoms. The monoisotopic (exact) mass is 354 g/mol. The lowest BCUT2D eigenvalue weighted by atomic mass is 10.3. The van der Waals surface area contributed by atoms with Gasteiger partial charge in [0.15, 0.2) is 17.5 Å². The second-order valence-electron chi connectivity index (χ2n) is 4.91. The highest BCUT2D eigenvalue weighted by molar-refractivity contribution is 7.11. The van der Waals surface area contributed by atoms with Crippen molar-refractivity contribution >= 4 is 17.3 Å². The van der Waals surface area contributed by atoms with E-state index < -0.39 is 11.6 Å². The highest BCUT2D eigenvalue weighted by atomic mass is 32.1. The molecule has 0 spiro atoms. The van der Waals surface area contributed by atoms with E-state index in [1.165, 1.54) is 6.07 Å². The molecule has 0 saturated carbocycles. The fourth-order valence-electron chi connectivity index (χ4n) is 1.89. The largest absolute Gasteiger partial charge is 0.489 e. The average molecular weight is 354 g/mol. The number of hydrogen-bond acceptors (Lipinski definition) is 4. The zero-order chi connectivity index (χ0) is 17.4. The molecule has 0 aliphatic heterocycles. The summed E-state index contributed by atoms with van der Waals surface area (Å²) in [7, 11) is 0. The van der Waals surface area contributed by atoms with E-state index in [0.717, 1.165) is 28.6 Å². The van der Waals surface area contributed by atoms with Crippen molar-refractivity contribution in [3.63, 3.8) is 0 Å². The van der Waals surface area contributed by atoms with Crippen LogP contribution < -0.4 is 15.4 Å². The Morgan fingerprint density at radius 1 is 1.33 bits per heavy atom. The first-order valence-corrected chi connectivity index (χ1v) is 8.41. The quantitative estimate of drug-likeness (QED) is 0.456. The first kappa shape index (κ1) is 18.1. The molecule has 0 fully saturated rings. The summed E-state index contributed by atoms with van der Waals surface area (Å²) >= 11 is 1.61. The van der Waals surface area contributed by atoms with Gasteiger partial charge in [-0.1, -0.05) is 0 Å². The third-order valence-corrected chi connectivity index (χ3v) is 3.83. The van der Waals surface area contributed by atoms with Crippen LogP contribution >= 0.6 is 11.3 Å². The predicted molar refractivity (Wildman–Crippen MR) is 91.5 cm³/mol. The summed E-state index contributed by atoms with van der Waals surface area (Å²) in [5.74, 6) is -0.682. The summed E-state index contributed by atoms with van der Waals surface area (Å²) < 4.78 is 31.5. The van der Waals surface area contributed by atoms with Crippen LogP contribution in [0.2, 0.25) is 0 Å². The Morgan fingerprint density at radius 2 is 2.17 bits per heavy atom. The smallest absolute Gasteiger partial charge is 0.191 e. The molecule has 0 unspecified atom stereocenters. The van der Waals surface area contributed by atoms with E-state index in [1.807, 2.05) is 20.0 Å². The molecule has 0 radical (unpaired) electrons. The summed E-state index contributed by atoms with van der Waals surface area (Å²) in [5.41, 5.74) is 0. The van der Waals surface area contributed by atoms with Crippen molar-refractivity contribution in [1.82, 2.24) is 15.6 Å². The van der Waals surface area contributed by atoms with Crippen LogP contribution in [0.3, 0.4) is 0 Å². The number of nitrogens with one attached hydrogen (secondary N) is 2. The molecule has 130 valence electrons. The number of hydrogen-bond donors (Lipinski definition) is 2. The van der Waals surface area contributed by atoms with E-state index in [0.29, 0.717) is 19.0 Å². The van der Waals surface area contributed by atoms with Crippen LogP contribution in [0.25, 0.3) is 0 Å². The van der Waals surface area contributed by atoms with Crippen molar-refractivity contribution < 1.29 is 13.5 Å². The molecule has 0 amide bonds. The molecule has 5 nitrogen and oxygen atoms in total. The van der Waals surface area contributed by atoms with Crippen molar-refractivity contribution in [2.24, 2.45) is 4.99 Å². The van der Waals surface area contributed by atoms with Gasteiger partial charge < -0.3 is 15.4 Å².